The molecular weight excluding hydrogens is 1270 g/mol. The zero-order chi connectivity index (χ0) is 61.9. The molecule has 0 aliphatic heterocycles. The molecule has 12 heterocycles. The first-order valence-corrected chi connectivity index (χ1v) is 26.5. The number of nitrogens with zero attached hydrogens (tertiary/aromatic N) is 32. The quantitative estimate of drug-likeness (QED) is 0.104. The van der Waals surface area contributed by atoms with Crippen LogP contribution in [0.15, 0.2) is 76.2 Å². The second kappa shape index (κ2) is 26.9. The van der Waals surface area contributed by atoms with Crippen LogP contribution < -0.4 is 41.7 Å². The van der Waals surface area contributed by atoms with Crippen molar-refractivity contribution in [1.29, 1.82) is 0 Å². The van der Waals surface area contributed by atoms with Crippen molar-refractivity contribution in [2.45, 2.75) is 26.4 Å². The number of ether oxygens (including phenoxy) is 4. The second-order valence-electron chi connectivity index (χ2n) is 14.7. The summed E-state index contributed by atoms with van der Waals surface area (Å²) in [6.07, 6.45) is 1.81. The summed E-state index contributed by atoms with van der Waals surface area (Å²) >= 11 is 13.9. The maximum absolute atomic E-state index is 13.9. The van der Waals surface area contributed by atoms with Gasteiger partial charge in [-0.25, -0.2) is 39.1 Å². The summed E-state index contributed by atoms with van der Waals surface area (Å²) in [4.78, 5) is 62.8. The summed E-state index contributed by atoms with van der Waals surface area (Å²) < 4.78 is 73.0. The van der Waals surface area contributed by atoms with Gasteiger partial charge in [0.2, 0.25) is 5.95 Å². The van der Waals surface area contributed by atoms with Crippen LogP contribution in [0, 0.1) is 5.95 Å². The molecule has 0 aliphatic carbocycles. The Balaban J connectivity index is 0.000000138. The molecule has 47 heteroatoms. The van der Waals surface area contributed by atoms with Gasteiger partial charge in [0.1, 0.15) is 31.0 Å². The van der Waals surface area contributed by atoms with Crippen LogP contribution in [0.1, 0.15) is 27.7 Å². The first-order chi connectivity index (χ1) is 41.8. The van der Waals surface area contributed by atoms with E-state index in [0.29, 0.717) is 31.7 Å². The van der Waals surface area contributed by atoms with E-state index in [2.05, 4.69) is 139 Å². The number of halogens is 3. The van der Waals surface area contributed by atoms with Crippen LogP contribution in [0.2, 0.25) is 5.15 Å². The van der Waals surface area contributed by atoms with E-state index in [1.165, 1.54) is 67.8 Å². The molecule has 0 unspecified atom stereocenters. The SMILES string of the molecule is [3H]c1csc(OCc2c(Br)nnnc2-n2nnn(C)c2=O)n1.[3H]c1csc(OCc2c(Cl)nnnc2-n2nnn(C)c2=O)n1.[3H]c1csc(OCc2c(F)nnnc2-n2nnn(C)c2=O)n1.[3H]c1csc(OCc2cnnnc2-n2nnn(C)c2=O)n1. The van der Waals surface area contributed by atoms with E-state index < -0.39 is 28.7 Å². The highest BCUT2D eigenvalue weighted by Crippen LogP contribution is 2.24. The van der Waals surface area contributed by atoms with E-state index in [9.17, 15) is 23.6 Å². The Morgan fingerprint density at radius 1 is 0.482 bits per heavy atom. The van der Waals surface area contributed by atoms with Crippen molar-refractivity contribution in [2.24, 2.45) is 28.2 Å². The lowest BCUT2D eigenvalue weighted by molar-refractivity contribution is 0.293. The fraction of sp³-hybridized carbons (Fsp3) is 0.222. The van der Waals surface area contributed by atoms with Gasteiger partial charge in [-0.3, -0.25) is 0 Å². The minimum Gasteiger partial charge on any atom is -0.465 e. The standard InChI is InChI=1S/C9H7BrN8O2S.C9H7ClN8O2S.C9H7FN8O2S.C9H8N8O2S/c3*1-17-9(19)18(16-15-17)7-5(6(10)12-14-13-7)4-20-8-11-2-3-21-8;1-16-9(18)17(15-14-16)7-6(4-11-13-12-7)5-19-8-10-2-3-20-8/h3*2-3H,4H2,1H3;2-4H,5H2,1H3/i4*2T. The van der Waals surface area contributed by atoms with Gasteiger partial charge >= 0.3 is 22.8 Å². The lowest BCUT2D eigenvalue weighted by Crippen LogP contribution is -2.25. The summed E-state index contributed by atoms with van der Waals surface area (Å²) in [5, 5.41) is 79.2. The Morgan fingerprint density at radius 2 is 0.843 bits per heavy atom. The highest BCUT2D eigenvalue weighted by atomic mass is 79.9. The number of hydrogen-bond acceptors (Lipinski definition) is 36. The predicted molar refractivity (Wildman–Crippen MR) is 278 cm³/mol. The largest absolute Gasteiger partial charge is 0.465 e. The van der Waals surface area contributed by atoms with Crippen molar-refractivity contribution in [3.63, 3.8) is 0 Å². The minimum atomic E-state index is -0.954. The van der Waals surface area contributed by atoms with Crippen LogP contribution in [0.3, 0.4) is 0 Å². The number of aromatic nitrogens is 32. The molecule has 12 rings (SSSR count). The molecule has 0 aromatic carbocycles. The molecule has 0 radical (unpaired) electrons. The van der Waals surface area contributed by atoms with Gasteiger partial charge in [0.05, 0.1) is 33.9 Å². The first kappa shape index (κ1) is 52.3. The number of rotatable bonds is 16. The highest BCUT2D eigenvalue weighted by molar-refractivity contribution is 9.10. The van der Waals surface area contributed by atoms with Gasteiger partial charge in [0.15, 0.2) is 28.4 Å². The highest BCUT2D eigenvalue weighted by Gasteiger charge is 2.22. The lowest BCUT2D eigenvalue weighted by Gasteiger charge is -2.07. The van der Waals surface area contributed by atoms with Crippen LogP contribution >= 0.6 is 72.9 Å². The molecule has 83 heavy (non-hydrogen) atoms. The summed E-state index contributed by atoms with van der Waals surface area (Å²) in [5.74, 6) is -0.715. The molecule has 0 N–H and O–H groups in total. The fourth-order valence-electron chi connectivity index (χ4n) is 5.72. The number of thiazole rings is 4. The molecule has 0 atom stereocenters. The fourth-order valence-corrected chi connectivity index (χ4v) is 8.01. The molecule has 0 fully saturated rings. The van der Waals surface area contributed by atoms with E-state index in [0.717, 1.165) is 60.1 Å². The average Bonchev–Trinajstić information content (AvgIpc) is 2.60. The molecular formula is C36H29BrClFN32O8S4. The molecule has 426 valence electrons. The van der Waals surface area contributed by atoms with Crippen molar-refractivity contribution < 1.29 is 28.8 Å². The Kier molecular flexibility index (Phi) is 17.0. The maximum atomic E-state index is 13.9. The maximum Gasteiger partial charge on any atom is 0.369 e. The van der Waals surface area contributed by atoms with Gasteiger partial charge in [-0.05, 0) is 78.5 Å². The van der Waals surface area contributed by atoms with E-state index in [1.54, 1.807) is 10.8 Å². The molecule has 0 aliphatic rings. The predicted octanol–water partition coefficient (Wildman–Crippen LogP) is -1.70. The third-order valence-corrected chi connectivity index (χ3v) is 13.1. The van der Waals surface area contributed by atoms with Crippen LogP contribution in [0.5, 0.6) is 20.8 Å². The van der Waals surface area contributed by atoms with E-state index in [1.807, 2.05) is 0 Å². The Bertz CT molecular complexity index is 4260. The summed E-state index contributed by atoms with van der Waals surface area (Å²) in [6.45, 7) is -0.283. The molecule has 12 aromatic heterocycles. The molecule has 0 spiro atoms. The number of hydrogen-bond donors (Lipinski definition) is 0. The van der Waals surface area contributed by atoms with Crippen molar-refractivity contribution in [3.05, 3.63) is 132 Å². The third kappa shape index (κ3) is 13.9. The minimum absolute atomic E-state index is 0.0187. The molecule has 0 bridgehead atoms. The first-order valence-electron chi connectivity index (χ1n) is 23.8. The molecule has 12 aromatic rings. The average molecular weight is 1310 g/mol. The third-order valence-electron chi connectivity index (χ3n) is 9.60. The molecule has 0 amide bonds. The zero-order valence-electron chi connectivity index (χ0n) is 45.6. The van der Waals surface area contributed by atoms with Gasteiger partial charge < -0.3 is 18.9 Å². The van der Waals surface area contributed by atoms with Crippen molar-refractivity contribution in [2.75, 3.05) is 0 Å². The smallest absolute Gasteiger partial charge is 0.369 e. The molecule has 0 saturated heterocycles. The summed E-state index contributed by atoms with van der Waals surface area (Å²) in [6, 6.07) is 0. The lowest BCUT2D eigenvalue weighted by atomic mass is 10.3. The van der Waals surface area contributed by atoms with Crippen LogP contribution in [-0.4, -0.2) is 161 Å². The Labute approximate surface area is 491 Å². The molecule has 0 saturated carbocycles. The van der Waals surface area contributed by atoms with Crippen LogP contribution in [0.25, 0.3) is 23.3 Å². The summed E-state index contributed by atoms with van der Waals surface area (Å²) in [5.41, 5.74) is -0.936. The van der Waals surface area contributed by atoms with Gasteiger partial charge in [0.25, 0.3) is 20.8 Å². The Hall–Kier alpha value is -10.1. The van der Waals surface area contributed by atoms with Crippen molar-refractivity contribution in [3.8, 4) is 44.0 Å². The van der Waals surface area contributed by atoms with E-state index in [4.69, 9.17) is 36.0 Å². The monoisotopic (exact) mass is 1310 g/mol. The van der Waals surface area contributed by atoms with Gasteiger partial charge in [0, 0.05) is 74.4 Å². The number of tetrazole rings is 4. The van der Waals surface area contributed by atoms with E-state index >= 15 is 0 Å². The number of aryl methyl sites for hydroxylation is 4. The van der Waals surface area contributed by atoms with E-state index in [-0.39, 0.29) is 95.5 Å². The zero-order valence-corrected chi connectivity index (χ0v) is 47.2. The van der Waals surface area contributed by atoms with Crippen molar-refractivity contribution >= 4 is 72.9 Å². The topological polar surface area (TPSA) is 454 Å². The van der Waals surface area contributed by atoms with Crippen LogP contribution in [0.4, 0.5) is 4.39 Å². The van der Waals surface area contributed by atoms with Crippen molar-refractivity contribution in [1.82, 2.24) is 161 Å². The summed E-state index contributed by atoms with van der Waals surface area (Å²) in [7, 11) is 5.78. The van der Waals surface area contributed by atoms with Gasteiger partial charge in [-0.15, -0.1) is 54.4 Å². The normalized spacial score (nSPS) is 11.4. The van der Waals surface area contributed by atoms with Crippen LogP contribution in [-0.2, 0) is 54.6 Å². The van der Waals surface area contributed by atoms with Gasteiger partial charge in [-0.1, -0.05) is 62.0 Å². The molecule has 40 nitrogen and oxygen atoms in total. The second-order valence-corrected chi connectivity index (χ2v) is 19.1. The van der Waals surface area contributed by atoms with Gasteiger partial charge in [-0.2, -0.15) is 23.1 Å². The Morgan fingerprint density at radius 3 is 1.27 bits per heavy atom.